The highest BCUT2D eigenvalue weighted by molar-refractivity contribution is 6.09. The first-order valence-corrected chi connectivity index (χ1v) is 11.0. The summed E-state index contributed by atoms with van der Waals surface area (Å²) in [5.74, 6) is -2.99. The number of hydrogen-bond donors (Lipinski definition) is 1. The fraction of sp³-hybridized carbons (Fsp3) is 0.115. The molecule has 0 bridgehead atoms. The standard InChI is InChI=1S/C26H18F3N5O/c27-18-3-5-20(22(29)10-18)26(7-8-26)33-25(35)19-4-1-15(9-21(19)28)23-13-30-24-6-2-16(14-34(23)24)17-11-31-32-12-17/h1-6,9-14H,7-8H2,(H,31,32)(H,33,35). The minimum absolute atomic E-state index is 0.144. The van der Waals surface area contributed by atoms with Crippen molar-refractivity contribution in [2.24, 2.45) is 10.1 Å². The Hall–Kier alpha value is -4.24. The van der Waals surface area contributed by atoms with E-state index in [-0.39, 0.29) is 11.1 Å². The molecule has 1 fully saturated rings. The van der Waals surface area contributed by atoms with Crippen molar-refractivity contribution in [1.82, 2.24) is 9.38 Å². The number of nitrogens with zero attached hydrogens (tertiary/aromatic N) is 4. The number of allylic oxidation sites excluding steroid dienone is 1. The number of rotatable bonds is 5. The fourth-order valence-electron chi connectivity index (χ4n) is 4.35. The van der Waals surface area contributed by atoms with E-state index < -0.39 is 28.9 Å². The highest BCUT2D eigenvalue weighted by Crippen LogP contribution is 2.50. The molecule has 1 saturated carbocycles. The van der Waals surface area contributed by atoms with Crippen molar-refractivity contribution in [3.8, 4) is 11.3 Å². The molecule has 35 heavy (non-hydrogen) atoms. The monoisotopic (exact) mass is 473 g/mol. The smallest absolute Gasteiger partial charge is 0.137 e. The van der Waals surface area contributed by atoms with E-state index in [9.17, 15) is 13.9 Å². The van der Waals surface area contributed by atoms with Gasteiger partial charge in [0.05, 0.1) is 29.2 Å². The van der Waals surface area contributed by atoms with Crippen LogP contribution in [0.3, 0.4) is 0 Å². The van der Waals surface area contributed by atoms with Gasteiger partial charge in [0.1, 0.15) is 29.3 Å². The Kier molecular flexibility index (Phi) is 4.82. The van der Waals surface area contributed by atoms with Gasteiger partial charge < -0.3 is 5.11 Å². The molecule has 0 unspecified atom stereocenters. The number of nitrogens with two attached hydrogens (primary N) is 1. The lowest BCUT2D eigenvalue weighted by Crippen LogP contribution is -2.69. The third kappa shape index (κ3) is 3.70. The lowest BCUT2D eigenvalue weighted by molar-refractivity contribution is -0.589. The molecule has 9 heteroatoms. The van der Waals surface area contributed by atoms with Crippen molar-refractivity contribution in [1.29, 1.82) is 0 Å². The summed E-state index contributed by atoms with van der Waals surface area (Å²) >= 11 is 0. The van der Waals surface area contributed by atoms with Crippen LogP contribution in [0.25, 0.3) is 22.5 Å². The molecular formula is C26H18F3N5O. The van der Waals surface area contributed by atoms with Gasteiger partial charge in [-0.05, 0) is 43.0 Å². The Morgan fingerprint density at radius 1 is 1.00 bits per heavy atom. The Labute approximate surface area is 197 Å². The Balaban J connectivity index is 1.34. The van der Waals surface area contributed by atoms with Gasteiger partial charge in [-0.3, -0.25) is 9.39 Å². The van der Waals surface area contributed by atoms with Crippen molar-refractivity contribution >= 4 is 23.3 Å². The third-order valence-electron chi connectivity index (χ3n) is 6.36. The molecule has 0 saturated heterocycles. The molecule has 0 spiro atoms. The molecule has 2 aliphatic rings. The minimum atomic E-state index is -1.08. The van der Waals surface area contributed by atoms with Gasteiger partial charge in [0.2, 0.25) is 0 Å². The van der Waals surface area contributed by atoms with Gasteiger partial charge in [-0.1, -0.05) is 23.3 Å². The van der Waals surface area contributed by atoms with E-state index in [0.717, 1.165) is 23.3 Å². The number of aromatic nitrogens is 2. The van der Waals surface area contributed by atoms with Gasteiger partial charge in [-0.15, -0.1) is 0 Å². The number of fused-ring (bicyclic) bond motifs is 1. The van der Waals surface area contributed by atoms with E-state index in [4.69, 9.17) is 0 Å². The maximum Gasteiger partial charge on any atom is 0.137 e. The molecule has 6 rings (SSSR count). The van der Waals surface area contributed by atoms with Gasteiger partial charge in [-0.25, -0.2) is 18.2 Å². The maximum absolute atomic E-state index is 15.1. The molecule has 0 radical (unpaired) electrons. The topological polar surface area (TPSA) is 81.7 Å². The van der Waals surface area contributed by atoms with Crippen LogP contribution in [0.5, 0.6) is 0 Å². The number of imidazole rings is 1. The van der Waals surface area contributed by atoms with E-state index in [2.05, 4.69) is 15.1 Å². The molecule has 1 aliphatic heterocycles. The van der Waals surface area contributed by atoms with Crippen molar-refractivity contribution in [2.75, 3.05) is 0 Å². The largest absolute Gasteiger partial charge is 0.858 e. The van der Waals surface area contributed by atoms with Crippen LogP contribution < -0.4 is 10.5 Å². The second-order valence-corrected chi connectivity index (χ2v) is 8.61. The zero-order chi connectivity index (χ0) is 24.2. The molecule has 0 atom stereocenters. The second kappa shape index (κ2) is 7.92. The van der Waals surface area contributed by atoms with E-state index in [1.807, 2.05) is 28.9 Å². The first-order valence-electron chi connectivity index (χ1n) is 11.0. The van der Waals surface area contributed by atoms with Crippen LogP contribution in [0, 0.1) is 17.5 Å². The summed E-state index contributed by atoms with van der Waals surface area (Å²) < 4.78 is 44.5. The first-order chi connectivity index (χ1) is 16.9. The Bertz CT molecular complexity index is 1580. The number of aliphatic imine (C=N–C) groups is 1. The molecule has 2 aromatic heterocycles. The molecule has 2 aromatic carbocycles. The molecule has 2 N–H and O–H groups in total. The number of hydrogen-bond acceptors (Lipinski definition) is 4. The summed E-state index contributed by atoms with van der Waals surface area (Å²) in [5, 5.41) is 16.9. The molecule has 0 amide bonds. The van der Waals surface area contributed by atoms with E-state index in [1.165, 1.54) is 18.2 Å². The Morgan fingerprint density at radius 2 is 1.83 bits per heavy atom. The van der Waals surface area contributed by atoms with Gasteiger partial charge in [0.15, 0.2) is 0 Å². The average Bonchev–Trinajstić information content (AvgIpc) is 3.23. The predicted molar refractivity (Wildman–Crippen MR) is 123 cm³/mol. The number of benzene rings is 2. The van der Waals surface area contributed by atoms with Crippen molar-refractivity contribution in [3.63, 3.8) is 0 Å². The van der Waals surface area contributed by atoms with E-state index in [1.54, 1.807) is 23.9 Å². The van der Waals surface area contributed by atoms with Crippen molar-refractivity contribution < 1.29 is 23.7 Å². The van der Waals surface area contributed by atoms with Crippen LogP contribution in [0.15, 0.2) is 77.2 Å². The van der Waals surface area contributed by atoms with Gasteiger partial charge in [0.25, 0.3) is 0 Å². The summed E-state index contributed by atoms with van der Waals surface area (Å²) in [7, 11) is 0. The lowest BCUT2D eigenvalue weighted by Gasteiger charge is -2.19. The molecule has 4 aromatic rings. The van der Waals surface area contributed by atoms with Crippen molar-refractivity contribution in [3.05, 3.63) is 101 Å². The average molecular weight is 473 g/mol. The SMILES string of the molecule is [O-]C(=NC1(c2ccc(F)cc2F)CC1)c1ccc(-c2cnc3ccc(C4=C[NH2+]N=C4)cn23)cc1F. The van der Waals surface area contributed by atoms with Crippen LogP contribution in [0.4, 0.5) is 13.2 Å². The fourth-order valence-corrected chi connectivity index (χ4v) is 4.35. The van der Waals surface area contributed by atoms with Gasteiger partial charge >= 0.3 is 0 Å². The maximum atomic E-state index is 15.1. The number of quaternary nitrogens is 1. The van der Waals surface area contributed by atoms with Crippen LogP contribution >= 0.6 is 0 Å². The third-order valence-corrected chi connectivity index (χ3v) is 6.36. The predicted octanol–water partition coefficient (Wildman–Crippen LogP) is 3.12. The lowest BCUT2D eigenvalue weighted by atomic mass is 10.0. The van der Waals surface area contributed by atoms with Gasteiger partial charge in [-0.2, -0.15) is 5.43 Å². The van der Waals surface area contributed by atoms with Crippen molar-refractivity contribution in [2.45, 2.75) is 18.4 Å². The van der Waals surface area contributed by atoms with E-state index in [0.29, 0.717) is 29.7 Å². The summed E-state index contributed by atoms with van der Waals surface area (Å²) in [6, 6.07) is 11.2. The van der Waals surface area contributed by atoms with Crippen LogP contribution in [-0.4, -0.2) is 21.5 Å². The summed E-state index contributed by atoms with van der Waals surface area (Å²) in [6.07, 6.45) is 8.06. The molecule has 174 valence electrons. The zero-order valence-electron chi connectivity index (χ0n) is 18.3. The second-order valence-electron chi connectivity index (χ2n) is 8.61. The molecular weight excluding hydrogens is 455 g/mol. The van der Waals surface area contributed by atoms with Crippen LogP contribution in [0.2, 0.25) is 0 Å². The Morgan fingerprint density at radius 3 is 2.54 bits per heavy atom. The summed E-state index contributed by atoms with van der Waals surface area (Å²) in [4.78, 5) is 8.52. The summed E-state index contributed by atoms with van der Waals surface area (Å²) in [6.45, 7) is 0. The summed E-state index contributed by atoms with van der Waals surface area (Å²) in [5.41, 5.74) is 4.34. The highest BCUT2D eigenvalue weighted by atomic mass is 19.1. The normalized spacial score (nSPS) is 16.7. The van der Waals surface area contributed by atoms with Gasteiger partial charge in [0, 0.05) is 34.5 Å². The molecule has 3 heterocycles. The van der Waals surface area contributed by atoms with E-state index >= 15 is 4.39 Å². The zero-order valence-corrected chi connectivity index (χ0v) is 18.3. The molecule has 6 nitrogen and oxygen atoms in total. The van der Waals surface area contributed by atoms with Crippen LogP contribution in [-0.2, 0) is 5.54 Å². The minimum Gasteiger partial charge on any atom is -0.858 e. The molecule has 1 aliphatic carbocycles. The number of pyridine rings is 1. The number of halogens is 3. The highest BCUT2D eigenvalue weighted by Gasteiger charge is 2.46. The quantitative estimate of drug-likeness (QED) is 0.275. The first kappa shape index (κ1) is 21.3. The van der Waals surface area contributed by atoms with Crippen LogP contribution in [0.1, 0.15) is 29.5 Å².